The summed E-state index contributed by atoms with van der Waals surface area (Å²) in [6.07, 6.45) is 0. The molecule has 7 aromatic rings. The maximum absolute atomic E-state index is 2.37. The Balaban J connectivity index is 1.46. The molecule has 1 aromatic heterocycles. The minimum atomic E-state index is 1.18. The SMILES string of the molecule is Cc1ccc(-c2cc(-c3ccccc3)cc(-c3ccc4c(c3)c3ccccc3n4-c3ccccc3)c2)cc1. The maximum Gasteiger partial charge on any atom is 0.0541 e. The van der Waals surface area contributed by atoms with E-state index >= 15 is 0 Å². The third-order valence-corrected chi connectivity index (χ3v) is 7.45. The van der Waals surface area contributed by atoms with E-state index in [-0.39, 0.29) is 0 Å². The van der Waals surface area contributed by atoms with Crippen molar-refractivity contribution in [2.75, 3.05) is 0 Å². The van der Waals surface area contributed by atoms with E-state index in [9.17, 15) is 0 Å². The molecule has 180 valence electrons. The molecule has 38 heavy (non-hydrogen) atoms. The Morgan fingerprint density at radius 1 is 0.368 bits per heavy atom. The molecular weight excluding hydrogens is 458 g/mol. The molecule has 0 aliphatic carbocycles. The van der Waals surface area contributed by atoms with Crippen LogP contribution in [0.25, 0.3) is 60.9 Å². The number of nitrogens with zero attached hydrogens (tertiary/aromatic N) is 1. The van der Waals surface area contributed by atoms with Crippen LogP contribution in [-0.2, 0) is 0 Å². The van der Waals surface area contributed by atoms with Crippen LogP contribution in [-0.4, -0.2) is 4.57 Å². The molecule has 1 nitrogen and oxygen atoms in total. The van der Waals surface area contributed by atoms with Crippen LogP contribution in [0.2, 0.25) is 0 Å². The molecule has 0 fully saturated rings. The highest BCUT2D eigenvalue weighted by Gasteiger charge is 2.14. The summed E-state index contributed by atoms with van der Waals surface area (Å²) in [6, 6.07) is 52.7. The summed E-state index contributed by atoms with van der Waals surface area (Å²) in [5.41, 5.74) is 12.3. The predicted molar refractivity (Wildman–Crippen MR) is 162 cm³/mol. The summed E-state index contributed by atoms with van der Waals surface area (Å²) in [5.74, 6) is 0. The van der Waals surface area contributed by atoms with Crippen molar-refractivity contribution in [2.45, 2.75) is 6.92 Å². The molecule has 0 aliphatic heterocycles. The number of aryl methyl sites for hydroxylation is 1. The summed E-state index contributed by atoms with van der Waals surface area (Å²) < 4.78 is 2.37. The van der Waals surface area contributed by atoms with Crippen molar-refractivity contribution in [3.05, 3.63) is 151 Å². The van der Waals surface area contributed by atoms with Gasteiger partial charge in [0.1, 0.15) is 0 Å². The zero-order valence-electron chi connectivity index (χ0n) is 21.3. The molecule has 0 bridgehead atoms. The van der Waals surface area contributed by atoms with Gasteiger partial charge in [0.25, 0.3) is 0 Å². The first-order valence-corrected chi connectivity index (χ1v) is 13.1. The van der Waals surface area contributed by atoms with Gasteiger partial charge in [0.15, 0.2) is 0 Å². The van der Waals surface area contributed by atoms with E-state index in [4.69, 9.17) is 0 Å². The first-order chi connectivity index (χ1) is 18.7. The lowest BCUT2D eigenvalue weighted by molar-refractivity contribution is 1.18. The van der Waals surface area contributed by atoms with Gasteiger partial charge in [-0.15, -0.1) is 0 Å². The Kier molecular flexibility index (Phi) is 5.41. The zero-order valence-corrected chi connectivity index (χ0v) is 21.3. The minimum absolute atomic E-state index is 1.18. The van der Waals surface area contributed by atoms with E-state index in [0.29, 0.717) is 0 Å². The molecule has 0 N–H and O–H groups in total. The van der Waals surface area contributed by atoms with Crippen LogP contribution < -0.4 is 0 Å². The standard InChI is InChI=1S/C37H27N/c1-26-16-18-28(19-17-26)31-22-30(27-10-4-2-5-11-27)23-32(24-31)29-20-21-37-35(25-29)34-14-8-9-15-36(34)38(37)33-12-6-3-7-13-33/h2-25H,1H3. The van der Waals surface area contributed by atoms with Crippen LogP contribution in [0.5, 0.6) is 0 Å². The molecule has 1 heteroatoms. The van der Waals surface area contributed by atoms with Crippen molar-refractivity contribution in [3.63, 3.8) is 0 Å². The van der Waals surface area contributed by atoms with Gasteiger partial charge < -0.3 is 4.57 Å². The van der Waals surface area contributed by atoms with E-state index in [0.717, 1.165) is 0 Å². The van der Waals surface area contributed by atoms with Gasteiger partial charge in [-0.25, -0.2) is 0 Å². The van der Waals surface area contributed by atoms with Crippen LogP contribution >= 0.6 is 0 Å². The number of para-hydroxylation sites is 2. The number of benzene rings is 6. The van der Waals surface area contributed by atoms with Crippen molar-refractivity contribution in [1.29, 1.82) is 0 Å². The first-order valence-electron chi connectivity index (χ1n) is 13.1. The highest BCUT2D eigenvalue weighted by molar-refractivity contribution is 6.10. The van der Waals surface area contributed by atoms with Crippen LogP contribution in [0.4, 0.5) is 0 Å². The molecule has 0 aliphatic rings. The average Bonchev–Trinajstić information content (AvgIpc) is 3.32. The Bertz CT molecular complexity index is 1890. The van der Waals surface area contributed by atoms with E-state index in [1.54, 1.807) is 0 Å². The van der Waals surface area contributed by atoms with E-state index in [2.05, 4.69) is 157 Å². The molecule has 0 saturated carbocycles. The van der Waals surface area contributed by atoms with Crippen LogP contribution in [0, 0.1) is 6.92 Å². The van der Waals surface area contributed by atoms with Gasteiger partial charge in [0, 0.05) is 16.5 Å². The number of rotatable bonds is 4. The second kappa shape index (κ2) is 9.21. The van der Waals surface area contributed by atoms with Gasteiger partial charge in [0.05, 0.1) is 11.0 Å². The lowest BCUT2D eigenvalue weighted by atomic mass is 9.92. The van der Waals surface area contributed by atoms with Gasteiger partial charge in [-0.2, -0.15) is 0 Å². The van der Waals surface area contributed by atoms with Gasteiger partial charge in [-0.3, -0.25) is 0 Å². The van der Waals surface area contributed by atoms with E-state index < -0.39 is 0 Å². The third kappa shape index (κ3) is 3.90. The van der Waals surface area contributed by atoms with Crippen LogP contribution in [0.15, 0.2) is 146 Å². The Morgan fingerprint density at radius 2 is 0.895 bits per heavy atom. The highest BCUT2D eigenvalue weighted by atomic mass is 15.0. The lowest BCUT2D eigenvalue weighted by Crippen LogP contribution is -1.92. The molecule has 1 heterocycles. The topological polar surface area (TPSA) is 4.93 Å². The third-order valence-electron chi connectivity index (χ3n) is 7.45. The fourth-order valence-electron chi connectivity index (χ4n) is 5.51. The zero-order chi connectivity index (χ0) is 25.5. The lowest BCUT2D eigenvalue weighted by Gasteiger charge is -2.12. The summed E-state index contributed by atoms with van der Waals surface area (Å²) in [5, 5.41) is 2.54. The van der Waals surface area contributed by atoms with Crippen molar-refractivity contribution in [2.24, 2.45) is 0 Å². The van der Waals surface area contributed by atoms with Gasteiger partial charge in [0.2, 0.25) is 0 Å². The molecule has 6 aromatic carbocycles. The molecule has 0 atom stereocenters. The fourth-order valence-corrected chi connectivity index (χ4v) is 5.51. The predicted octanol–water partition coefficient (Wildman–Crippen LogP) is 10.1. The quantitative estimate of drug-likeness (QED) is 0.234. The van der Waals surface area contributed by atoms with Crippen molar-refractivity contribution >= 4 is 21.8 Å². The van der Waals surface area contributed by atoms with Crippen LogP contribution in [0.3, 0.4) is 0 Å². The summed E-state index contributed by atoms with van der Waals surface area (Å²) in [6.45, 7) is 2.14. The molecule has 0 radical (unpaired) electrons. The average molecular weight is 486 g/mol. The second-order valence-corrected chi connectivity index (χ2v) is 9.95. The maximum atomic E-state index is 2.37. The fraction of sp³-hybridized carbons (Fsp3) is 0.0270. The molecule has 0 spiro atoms. The Hall–Kier alpha value is -4.88. The van der Waals surface area contributed by atoms with Gasteiger partial charge in [-0.1, -0.05) is 103 Å². The molecule has 0 unspecified atom stereocenters. The normalized spacial score (nSPS) is 11.3. The Labute approximate surface area is 223 Å². The largest absolute Gasteiger partial charge is 0.309 e. The summed E-state index contributed by atoms with van der Waals surface area (Å²) in [7, 11) is 0. The Morgan fingerprint density at radius 3 is 1.61 bits per heavy atom. The highest BCUT2D eigenvalue weighted by Crippen LogP contribution is 2.37. The van der Waals surface area contributed by atoms with Crippen LogP contribution in [0.1, 0.15) is 5.56 Å². The summed E-state index contributed by atoms with van der Waals surface area (Å²) >= 11 is 0. The minimum Gasteiger partial charge on any atom is -0.309 e. The summed E-state index contributed by atoms with van der Waals surface area (Å²) in [4.78, 5) is 0. The molecular formula is C37H27N. The molecule has 7 rings (SSSR count). The van der Waals surface area contributed by atoms with E-state index in [1.165, 1.54) is 66.4 Å². The van der Waals surface area contributed by atoms with Crippen molar-refractivity contribution < 1.29 is 0 Å². The van der Waals surface area contributed by atoms with Crippen molar-refractivity contribution in [1.82, 2.24) is 4.57 Å². The second-order valence-electron chi connectivity index (χ2n) is 9.95. The molecule has 0 amide bonds. The van der Waals surface area contributed by atoms with E-state index in [1.807, 2.05) is 0 Å². The van der Waals surface area contributed by atoms with Gasteiger partial charge in [-0.05, 0) is 88.8 Å². The number of fused-ring (bicyclic) bond motifs is 3. The molecule has 0 saturated heterocycles. The number of hydrogen-bond donors (Lipinski definition) is 0. The first kappa shape index (κ1) is 22.3. The van der Waals surface area contributed by atoms with Gasteiger partial charge >= 0.3 is 0 Å². The monoisotopic (exact) mass is 485 g/mol. The number of aromatic nitrogens is 1. The van der Waals surface area contributed by atoms with Crippen molar-refractivity contribution in [3.8, 4) is 39.1 Å². The number of hydrogen-bond acceptors (Lipinski definition) is 0. The smallest absolute Gasteiger partial charge is 0.0541 e.